The Labute approximate surface area is 234 Å². The van der Waals surface area contributed by atoms with Crippen molar-refractivity contribution in [3.05, 3.63) is 116 Å². The van der Waals surface area contributed by atoms with E-state index in [2.05, 4.69) is 0 Å². The van der Waals surface area contributed by atoms with Crippen molar-refractivity contribution in [2.45, 2.75) is 42.7 Å². The van der Waals surface area contributed by atoms with Crippen molar-refractivity contribution in [3.63, 3.8) is 0 Å². The van der Waals surface area contributed by atoms with Crippen molar-refractivity contribution >= 4 is 21.5 Å². The van der Waals surface area contributed by atoms with E-state index in [0.29, 0.717) is 16.7 Å². The molecule has 0 radical (unpaired) electrons. The molecule has 38 heavy (non-hydrogen) atoms. The Kier molecular flexibility index (Phi) is 13.2. The average molecular weight is 723 g/mol. The Balaban J connectivity index is 0.000000462. The molecule has 2 aliphatic rings. The molecule has 0 amide bonds. The second kappa shape index (κ2) is 15.3. The van der Waals surface area contributed by atoms with Crippen LogP contribution in [0.1, 0.15) is 36.8 Å². The number of hydrogen-bond acceptors (Lipinski definition) is 8. The van der Waals surface area contributed by atoms with Crippen LogP contribution in [0.4, 0.5) is 0 Å². The second-order valence-corrected chi connectivity index (χ2v) is 9.47. The van der Waals surface area contributed by atoms with Gasteiger partial charge < -0.3 is 36.4 Å². The summed E-state index contributed by atoms with van der Waals surface area (Å²) in [5.41, 5.74) is 16.5. The molecule has 13 heteroatoms. The molecule has 4 rings (SSSR count). The van der Waals surface area contributed by atoms with E-state index < -0.39 is 15.2 Å². The molecule has 3 N–H and O–H groups in total. The molecule has 2 atom stereocenters. The van der Waals surface area contributed by atoms with Gasteiger partial charge in [-0.15, -0.1) is 0 Å². The molecule has 0 aliphatic heterocycles. The molecule has 2 aromatic carbocycles. The summed E-state index contributed by atoms with van der Waals surface area (Å²) in [6.45, 7) is 0. The number of carbonyl (C=O) groups excluding carboxylic acids is 1. The van der Waals surface area contributed by atoms with E-state index in [1.54, 1.807) is 30.4 Å². The van der Waals surface area contributed by atoms with E-state index in [1.807, 2.05) is 0 Å². The molecule has 2 aliphatic carbocycles. The van der Waals surface area contributed by atoms with Crippen molar-refractivity contribution in [1.82, 2.24) is 0 Å². The SMILES string of the molecule is O=C1C=CC(=C(c2ccc(O)cc2)c2ccccc2S(=O)(=O)[O-])C=C1.O=[N+]([O-])[O-].[NH-]C1CCCCC1[NH-].[Pt+4]. The first kappa shape index (κ1) is 32.9. The summed E-state index contributed by atoms with van der Waals surface area (Å²) in [7, 11) is -4.69. The van der Waals surface area contributed by atoms with Gasteiger partial charge in [-0.3, -0.25) is 4.79 Å². The molecule has 0 bridgehead atoms. The van der Waals surface area contributed by atoms with Crippen molar-refractivity contribution in [2.75, 3.05) is 0 Å². The first-order valence-corrected chi connectivity index (χ1v) is 12.5. The Morgan fingerprint density at radius 3 is 1.82 bits per heavy atom. The van der Waals surface area contributed by atoms with Crippen LogP contribution in [0.25, 0.3) is 17.0 Å². The van der Waals surface area contributed by atoms with Crippen LogP contribution >= 0.6 is 0 Å². The van der Waals surface area contributed by atoms with Crippen molar-refractivity contribution in [1.29, 1.82) is 0 Å². The fraction of sp³-hybridized carbons (Fsp3) is 0.240. The van der Waals surface area contributed by atoms with Crippen LogP contribution in [0.15, 0.2) is 83.3 Å². The largest absolute Gasteiger partial charge is 4.00 e. The summed E-state index contributed by atoms with van der Waals surface area (Å²) in [4.78, 5) is 19.3. The third-order valence-electron chi connectivity index (χ3n) is 5.49. The quantitative estimate of drug-likeness (QED) is 0.260. The number of phenols is 1. The number of ketones is 1. The number of rotatable bonds is 3. The fourth-order valence-corrected chi connectivity index (χ4v) is 4.43. The summed E-state index contributed by atoms with van der Waals surface area (Å²) >= 11 is 0. The molecule has 11 nitrogen and oxygen atoms in total. The van der Waals surface area contributed by atoms with Gasteiger partial charge in [0.2, 0.25) is 0 Å². The molecular formula is C25H25N3O8PtS. The second-order valence-electron chi connectivity index (χ2n) is 8.12. The Morgan fingerprint density at radius 1 is 0.895 bits per heavy atom. The number of hydrogen-bond donors (Lipinski definition) is 1. The summed E-state index contributed by atoms with van der Waals surface area (Å²) in [6.07, 6.45) is 10.1. The normalized spacial score (nSPS) is 18.2. The number of benzene rings is 2. The predicted molar refractivity (Wildman–Crippen MR) is 137 cm³/mol. The fourth-order valence-electron chi connectivity index (χ4n) is 3.75. The van der Waals surface area contributed by atoms with Gasteiger partial charge in [-0.05, 0) is 47.1 Å². The van der Waals surface area contributed by atoms with Gasteiger partial charge >= 0.3 is 21.1 Å². The minimum Gasteiger partial charge on any atom is -0.744 e. The minimum atomic E-state index is -4.69. The topological polar surface area (TPSA) is 208 Å². The van der Waals surface area contributed by atoms with E-state index in [4.69, 9.17) is 26.8 Å². The van der Waals surface area contributed by atoms with Crippen molar-refractivity contribution < 1.29 is 49.0 Å². The standard InChI is InChI=1S/C19H14O5S.C6H12N2.NO3.Pt/c20-15-9-5-13(6-10-15)19(14-7-11-16(21)12-8-14)17-3-1-2-4-18(17)25(22,23)24;7-5-3-1-2-4-6(5)8;2-1(3)4;/h1-12,20H,(H,22,23,24);5-8H,1-4H2;;/q;-2;-1;+4/p-1. The minimum absolute atomic E-state index is 0. The zero-order valence-electron chi connectivity index (χ0n) is 19.9. The van der Waals surface area contributed by atoms with Crippen molar-refractivity contribution in [3.8, 4) is 5.75 Å². The molecule has 204 valence electrons. The molecule has 0 saturated heterocycles. The van der Waals surface area contributed by atoms with E-state index in [1.165, 1.54) is 55.3 Å². The maximum absolute atomic E-state index is 11.7. The molecule has 2 aromatic rings. The van der Waals surface area contributed by atoms with Gasteiger partial charge in [-0.1, -0.05) is 68.2 Å². The zero-order chi connectivity index (χ0) is 27.6. The molecule has 0 aromatic heterocycles. The number of nitrogens with one attached hydrogen (secondary N) is 2. The van der Waals surface area contributed by atoms with E-state index in [0.717, 1.165) is 12.8 Å². The maximum atomic E-state index is 11.7. The Bertz CT molecular complexity index is 1280. The van der Waals surface area contributed by atoms with E-state index in [-0.39, 0.29) is 55.1 Å². The maximum Gasteiger partial charge on any atom is 4.00 e. The monoisotopic (exact) mass is 722 g/mol. The zero-order valence-corrected chi connectivity index (χ0v) is 23.0. The van der Waals surface area contributed by atoms with Crippen LogP contribution < -0.4 is 0 Å². The average Bonchev–Trinajstić information content (AvgIpc) is 2.83. The van der Waals surface area contributed by atoms with Gasteiger partial charge in [0.1, 0.15) is 15.9 Å². The number of nitrogens with zero attached hydrogens (tertiary/aromatic N) is 1. The first-order chi connectivity index (χ1) is 17.4. The summed E-state index contributed by atoms with van der Waals surface area (Å²) in [5.74, 6) is -0.124. The van der Waals surface area contributed by atoms with Gasteiger partial charge in [-0.25, -0.2) is 8.42 Å². The van der Waals surface area contributed by atoms with Crippen LogP contribution in [0.2, 0.25) is 0 Å². The Morgan fingerprint density at radius 2 is 1.37 bits per heavy atom. The van der Waals surface area contributed by atoms with Crippen LogP contribution in [0, 0.1) is 15.3 Å². The van der Waals surface area contributed by atoms with Crippen LogP contribution in [-0.2, 0) is 36.0 Å². The molecule has 0 heterocycles. The Hall–Kier alpha value is -3.15. The number of carbonyl (C=O) groups is 1. The number of allylic oxidation sites excluding steroid dienone is 5. The van der Waals surface area contributed by atoms with Gasteiger partial charge in [0.25, 0.3) is 0 Å². The van der Waals surface area contributed by atoms with E-state index in [9.17, 15) is 22.9 Å². The van der Waals surface area contributed by atoms with Gasteiger partial charge in [0.05, 0.1) is 9.98 Å². The predicted octanol–water partition coefficient (Wildman–Crippen LogP) is 4.95. The van der Waals surface area contributed by atoms with E-state index >= 15 is 0 Å². The molecule has 2 unspecified atom stereocenters. The van der Waals surface area contributed by atoms with Gasteiger partial charge in [0, 0.05) is 5.56 Å². The van der Waals surface area contributed by atoms with Crippen LogP contribution in [0.3, 0.4) is 0 Å². The summed E-state index contributed by atoms with van der Waals surface area (Å²) in [5, 5.41) is 24.3. The molecule has 1 saturated carbocycles. The van der Waals surface area contributed by atoms with Crippen LogP contribution in [0.5, 0.6) is 5.75 Å². The smallest absolute Gasteiger partial charge is 0.744 e. The van der Waals surface area contributed by atoms with Gasteiger partial charge in [0.15, 0.2) is 5.78 Å². The molecular weight excluding hydrogens is 697 g/mol. The summed E-state index contributed by atoms with van der Waals surface area (Å²) < 4.78 is 35.0. The number of aromatic hydroxyl groups is 1. The van der Waals surface area contributed by atoms with Crippen molar-refractivity contribution in [2.24, 2.45) is 0 Å². The number of phenolic OH excluding ortho intramolecular Hbond substituents is 1. The molecule has 1 fully saturated rings. The third-order valence-corrected chi connectivity index (χ3v) is 6.39. The molecule has 0 spiro atoms. The third kappa shape index (κ3) is 10.3. The van der Waals surface area contributed by atoms with Crippen LogP contribution in [-0.4, -0.2) is 41.0 Å². The summed E-state index contributed by atoms with van der Waals surface area (Å²) in [6, 6.07) is 11.9. The first-order valence-electron chi connectivity index (χ1n) is 11.1. The van der Waals surface area contributed by atoms with Gasteiger partial charge in [-0.2, -0.15) is 12.1 Å².